The molecule has 2 aliphatic carbocycles. The standard InChI is InChI=1S/C16H24N2/c1-10-15(2,3)12-7-6-11-8-17-9-18-14(11)13(12)16(10,4)5/h8-10,12-13H,6-7H2,1-5H3/t10?,12-,13?/m1/s1. The van der Waals surface area contributed by atoms with Crippen molar-refractivity contribution in [2.45, 2.75) is 53.4 Å². The Morgan fingerprint density at radius 1 is 1.17 bits per heavy atom. The van der Waals surface area contributed by atoms with Crippen LogP contribution in [0.25, 0.3) is 0 Å². The second kappa shape index (κ2) is 3.55. The molecule has 0 aliphatic heterocycles. The van der Waals surface area contributed by atoms with Crippen LogP contribution in [0.5, 0.6) is 0 Å². The van der Waals surface area contributed by atoms with Crippen LogP contribution in [0.2, 0.25) is 0 Å². The second-order valence-corrected chi connectivity index (χ2v) is 7.42. The third-order valence-corrected chi connectivity index (χ3v) is 6.23. The van der Waals surface area contributed by atoms with E-state index in [1.807, 2.05) is 6.20 Å². The van der Waals surface area contributed by atoms with E-state index in [0.717, 1.165) is 18.3 Å². The van der Waals surface area contributed by atoms with Gasteiger partial charge in [0.25, 0.3) is 0 Å². The summed E-state index contributed by atoms with van der Waals surface area (Å²) >= 11 is 0. The Labute approximate surface area is 110 Å². The molecule has 0 amide bonds. The second-order valence-electron chi connectivity index (χ2n) is 7.42. The minimum atomic E-state index is 0.331. The summed E-state index contributed by atoms with van der Waals surface area (Å²) in [5.41, 5.74) is 3.47. The molecule has 1 fully saturated rings. The SMILES string of the molecule is CC1C(C)(C)C2c3ncncc3CC[C@H]2C1(C)C. The van der Waals surface area contributed by atoms with Gasteiger partial charge in [-0.2, -0.15) is 0 Å². The van der Waals surface area contributed by atoms with Crippen LogP contribution in [0.1, 0.15) is 58.2 Å². The summed E-state index contributed by atoms with van der Waals surface area (Å²) in [4.78, 5) is 8.85. The van der Waals surface area contributed by atoms with Gasteiger partial charge in [0.2, 0.25) is 0 Å². The van der Waals surface area contributed by atoms with Crippen LogP contribution in [0, 0.1) is 22.7 Å². The Kier molecular flexibility index (Phi) is 2.39. The minimum absolute atomic E-state index is 0.331. The van der Waals surface area contributed by atoms with Crippen molar-refractivity contribution in [2.75, 3.05) is 0 Å². The summed E-state index contributed by atoms with van der Waals surface area (Å²) in [6, 6.07) is 0. The molecule has 0 N–H and O–H groups in total. The number of nitrogens with zero attached hydrogens (tertiary/aromatic N) is 2. The zero-order chi connectivity index (χ0) is 13.1. The number of hydrogen-bond acceptors (Lipinski definition) is 2. The quantitative estimate of drug-likeness (QED) is 0.693. The van der Waals surface area contributed by atoms with Gasteiger partial charge < -0.3 is 0 Å². The molecule has 1 heterocycles. The highest BCUT2D eigenvalue weighted by atomic mass is 14.9. The topological polar surface area (TPSA) is 25.8 Å². The van der Waals surface area contributed by atoms with Gasteiger partial charge in [0.15, 0.2) is 0 Å². The maximum absolute atomic E-state index is 4.65. The molecule has 3 rings (SSSR count). The van der Waals surface area contributed by atoms with E-state index < -0.39 is 0 Å². The van der Waals surface area contributed by atoms with Crippen molar-refractivity contribution >= 4 is 0 Å². The van der Waals surface area contributed by atoms with E-state index in [1.165, 1.54) is 17.7 Å². The lowest BCUT2D eigenvalue weighted by Gasteiger charge is -2.37. The zero-order valence-corrected chi connectivity index (χ0v) is 12.2. The van der Waals surface area contributed by atoms with E-state index in [9.17, 15) is 0 Å². The van der Waals surface area contributed by atoms with Gasteiger partial charge in [-0.3, -0.25) is 0 Å². The number of fused-ring (bicyclic) bond motifs is 3. The van der Waals surface area contributed by atoms with E-state index >= 15 is 0 Å². The van der Waals surface area contributed by atoms with Gasteiger partial charge in [-0.15, -0.1) is 0 Å². The van der Waals surface area contributed by atoms with Crippen molar-refractivity contribution in [1.29, 1.82) is 0 Å². The van der Waals surface area contributed by atoms with E-state index in [0.29, 0.717) is 16.7 Å². The molecule has 0 saturated heterocycles. The Morgan fingerprint density at radius 2 is 1.89 bits per heavy atom. The highest BCUT2D eigenvalue weighted by Gasteiger charge is 2.59. The van der Waals surface area contributed by atoms with Gasteiger partial charge in [-0.25, -0.2) is 9.97 Å². The van der Waals surface area contributed by atoms with Crippen LogP contribution in [0.15, 0.2) is 12.5 Å². The minimum Gasteiger partial charge on any atom is -0.245 e. The van der Waals surface area contributed by atoms with E-state index in [4.69, 9.17) is 0 Å². The fourth-order valence-corrected chi connectivity index (χ4v) is 4.73. The van der Waals surface area contributed by atoms with E-state index in [-0.39, 0.29) is 0 Å². The highest BCUT2D eigenvalue weighted by Crippen LogP contribution is 2.66. The lowest BCUT2D eigenvalue weighted by Crippen LogP contribution is -2.29. The Morgan fingerprint density at radius 3 is 2.61 bits per heavy atom. The Hall–Kier alpha value is -0.920. The normalized spacial score (nSPS) is 35.9. The predicted molar refractivity (Wildman–Crippen MR) is 73.3 cm³/mol. The van der Waals surface area contributed by atoms with Crippen molar-refractivity contribution in [3.05, 3.63) is 23.8 Å². The summed E-state index contributed by atoms with van der Waals surface area (Å²) in [6.45, 7) is 12.2. The van der Waals surface area contributed by atoms with Crippen LogP contribution in [-0.2, 0) is 6.42 Å². The van der Waals surface area contributed by atoms with Crippen LogP contribution in [0.3, 0.4) is 0 Å². The van der Waals surface area contributed by atoms with Crippen LogP contribution in [-0.4, -0.2) is 9.97 Å². The van der Waals surface area contributed by atoms with Crippen LogP contribution >= 0.6 is 0 Å². The third kappa shape index (κ3) is 1.35. The highest BCUT2D eigenvalue weighted by molar-refractivity contribution is 5.30. The molecule has 2 heteroatoms. The van der Waals surface area contributed by atoms with Crippen LogP contribution in [0.4, 0.5) is 0 Å². The van der Waals surface area contributed by atoms with Gasteiger partial charge in [0, 0.05) is 12.1 Å². The van der Waals surface area contributed by atoms with E-state index in [1.54, 1.807) is 6.33 Å². The predicted octanol–water partition coefficient (Wildman–Crippen LogP) is 3.82. The van der Waals surface area contributed by atoms with Gasteiger partial charge in [0.05, 0.1) is 5.69 Å². The van der Waals surface area contributed by atoms with Crippen LogP contribution < -0.4 is 0 Å². The lowest BCUT2D eigenvalue weighted by atomic mass is 9.68. The van der Waals surface area contributed by atoms with Crippen molar-refractivity contribution in [1.82, 2.24) is 9.97 Å². The first-order chi connectivity index (χ1) is 8.37. The third-order valence-electron chi connectivity index (χ3n) is 6.23. The molecule has 0 radical (unpaired) electrons. The molecule has 0 bridgehead atoms. The molecule has 1 saturated carbocycles. The van der Waals surface area contributed by atoms with Gasteiger partial charge in [-0.1, -0.05) is 34.6 Å². The van der Waals surface area contributed by atoms with Crippen molar-refractivity contribution in [2.24, 2.45) is 22.7 Å². The first-order valence-corrected chi connectivity index (χ1v) is 7.15. The zero-order valence-electron chi connectivity index (χ0n) is 12.2. The molecular formula is C16H24N2. The average Bonchev–Trinajstić information content (AvgIpc) is 2.48. The lowest BCUT2D eigenvalue weighted by molar-refractivity contribution is 0.150. The molecule has 1 aromatic rings. The largest absolute Gasteiger partial charge is 0.245 e. The van der Waals surface area contributed by atoms with Crippen molar-refractivity contribution < 1.29 is 0 Å². The molecule has 2 unspecified atom stereocenters. The number of rotatable bonds is 0. The summed E-state index contributed by atoms with van der Waals surface area (Å²) in [5.74, 6) is 2.10. The monoisotopic (exact) mass is 244 g/mol. The molecule has 1 aromatic heterocycles. The Bertz CT molecular complexity index is 476. The smallest absolute Gasteiger partial charge is 0.115 e. The summed E-state index contributed by atoms with van der Waals surface area (Å²) < 4.78 is 0. The molecule has 98 valence electrons. The molecule has 2 nitrogen and oxygen atoms in total. The molecule has 0 spiro atoms. The molecule has 2 aliphatic rings. The van der Waals surface area contributed by atoms with E-state index in [2.05, 4.69) is 44.6 Å². The first-order valence-electron chi connectivity index (χ1n) is 7.15. The van der Waals surface area contributed by atoms with Crippen molar-refractivity contribution in [3.8, 4) is 0 Å². The maximum atomic E-state index is 4.65. The summed E-state index contributed by atoms with van der Waals surface area (Å²) in [5, 5.41) is 0. The Balaban J connectivity index is 2.16. The maximum Gasteiger partial charge on any atom is 0.115 e. The van der Waals surface area contributed by atoms with Gasteiger partial charge in [0.1, 0.15) is 6.33 Å². The fraction of sp³-hybridized carbons (Fsp3) is 0.750. The molecular weight excluding hydrogens is 220 g/mol. The fourth-order valence-electron chi connectivity index (χ4n) is 4.73. The van der Waals surface area contributed by atoms with Crippen molar-refractivity contribution in [3.63, 3.8) is 0 Å². The molecule has 0 aromatic carbocycles. The summed E-state index contributed by atoms with van der Waals surface area (Å²) in [6.07, 6.45) is 6.22. The number of hydrogen-bond donors (Lipinski definition) is 0. The van der Waals surface area contributed by atoms with Gasteiger partial charge >= 0.3 is 0 Å². The number of aromatic nitrogens is 2. The summed E-state index contributed by atoms with van der Waals surface area (Å²) in [7, 11) is 0. The number of aryl methyl sites for hydroxylation is 1. The average molecular weight is 244 g/mol. The molecule has 18 heavy (non-hydrogen) atoms. The molecule has 3 atom stereocenters. The van der Waals surface area contributed by atoms with Gasteiger partial charge in [-0.05, 0) is 41.1 Å². The first kappa shape index (κ1) is 12.1.